The molecule has 1 aromatic rings. The minimum absolute atomic E-state index is 0.657. The summed E-state index contributed by atoms with van der Waals surface area (Å²) >= 11 is 0. The van der Waals surface area contributed by atoms with E-state index in [0.717, 1.165) is 43.0 Å². The largest absolute Gasteiger partial charge is 0.370 e. The zero-order chi connectivity index (χ0) is 14.8. The van der Waals surface area contributed by atoms with Crippen LogP contribution in [0.25, 0.3) is 0 Å². The first-order chi connectivity index (χ1) is 9.72. The van der Waals surface area contributed by atoms with E-state index in [1.54, 1.807) is 6.33 Å². The summed E-state index contributed by atoms with van der Waals surface area (Å²) in [5.41, 5.74) is 1.13. The molecule has 114 valence electrons. The molecule has 6 heteroatoms. The Hall–Kier alpha value is -1.17. The van der Waals surface area contributed by atoms with Crippen LogP contribution in [0, 0.1) is 0 Å². The fraction of sp³-hybridized carbons (Fsp3) is 0.714. The Morgan fingerprint density at radius 2 is 1.70 bits per heavy atom. The topological polar surface area (TPSA) is 66.9 Å². The third-order valence-electron chi connectivity index (χ3n) is 2.93. The summed E-state index contributed by atoms with van der Waals surface area (Å²) in [4.78, 5) is 8.66. The number of hydrogen-bond donors (Lipinski definition) is 2. The average Bonchev–Trinajstić information content (AvgIpc) is 2.47. The zero-order valence-electron chi connectivity index (χ0n) is 12.7. The monoisotopic (exact) mass is 298 g/mol. The second-order valence-corrected chi connectivity index (χ2v) is 6.45. The third-order valence-corrected chi connectivity index (χ3v) is 4.24. The van der Waals surface area contributed by atoms with E-state index >= 15 is 0 Å². The third kappa shape index (κ3) is 5.45. The summed E-state index contributed by atoms with van der Waals surface area (Å²) in [6.45, 7) is 7.81. The van der Waals surface area contributed by atoms with Crippen LogP contribution in [0.3, 0.4) is 0 Å². The summed E-state index contributed by atoms with van der Waals surface area (Å²) in [6.07, 6.45) is 4.62. The molecular formula is C14H26N4OS. The molecule has 1 aromatic heterocycles. The Labute approximate surface area is 124 Å². The van der Waals surface area contributed by atoms with Crippen LogP contribution in [0.4, 0.5) is 11.6 Å². The molecule has 0 saturated heterocycles. The maximum atomic E-state index is 11.4. The second-order valence-electron chi connectivity index (χ2n) is 4.59. The molecule has 0 saturated carbocycles. The molecule has 0 aliphatic heterocycles. The highest BCUT2D eigenvalue weighted by atomic mass is 32.2. The van der Waals surface area contributed by atoms with Crippen molar-refractivity contribution in [2.75, 3.05) is 35.2 Å². The van der Waals surface area contributed by atoms with Crippen molar-refractivity contribution >= 4 is 22.4 Å². The van der Waals surface area contributed by atoms with Gasteiger partial charge in [0.15, 0.2) is 0 Å². The van der Waals surface area contributed by atoms with Crippen LogP contribution in [0.5, 0.6) is 0 Å². The van der Waals surface area contributed by atoms with Crippen molar-refractivity contribution in [3.63, 3.8) is 0 Å². The maximum absolute atomic E-state index is 11.4. The maximum Gasteiger partial charge on any atom is 0.134 e. The van der Waals surface area contributed by atoms with Gasteiger partial charge in [-0.3, -0.25) is 4.21 Å². The normalized spacial score (nSPS) is 12.2. The molecule has 0 amide bonds. The number of anilines is 2. The van der Waals surface area contributed by atoms with Crippen molar-refractivity contribution in [1.29, 1.82) is 0 Å². The number of nitrogens with one attached hydrogen (secondary N) is 2. The summed E-state index contributed by atoms with van der Waals surface area (Å²) < 4.78 is 11.4. The van der Waals surface area contributed by atoms with E-state index in [9.17, 15) is 4.21 Å². The van der Waals surface area contributed by atoms with Gasteiger partial charge in [0.25, 0.3) is 0 Å². The highest BCUT2D eigenvalue weighted by Gasteiger charge is 2.10. The summed E-state index contributed by atoms with van der Waals surface area (Å²) in [7, 11) is -0.743. The van der Waals surface area contributed by atoms with Crippen molar-refractivity contribution in [3.8, 4) is 0 Å². The number of rotatable bonds is 10. The van der Waals surface area contributed by atoms with Crippen LogP contribution in [0.15, 0.2) is 6.33 Å². The van der Waals surface area contributed by atoms with Crippen molar-refractivity contribution in [3.05, 3.63) is 11.9 Å². The average molecular weight is 298 g/mol. The first kappa shape index (κ1) is 16.9. The van der Waals surface area contributed by atoms with E-state index in [0.29, 0.717) is 18.1 Å². The van der Waals surface area contributed by atoms with E-state index in [2.05, 4.69) is 34.4 Å². The smallest absolute Gasteiger partial charge is 0.134 e. The van der Waals surface area contributed by atoms with E-state index in [-0.39, 0.29) is 0 Å². The molecule has 0 aliphatic carbocycles. The van der Waals surface area contributed by atoms with Crippen molar-refractivity contribution < 1.29 is 4.21 Å². The molecule has 0 radical (unpaired) electrons. The number of aromatic nitrogens is 2. The van der Waals surface area contributed by atoms with E-state index < -0.39 is 10.8 Å². The van der Waals surface area contributed by atoms with Gasteiger partial charge >= 0.3 is 0 Å². The molecule has 1 atom stereocenters. The minimum atomic E-state index is -0.743. The first-order valence-corrected chi connectivity index (χ1v) is 8.88. The van der Waals surface area contributed by atoms with Gasteiger partial charge in [-0.2, -0.15) is 0 Å². The van der Waals surface area contributed by atoms with Crippen molar-refractivity contribution in [2.24, 2.45) is 0 Å². The predicted molar refractivity (Wildman–Crippen MR) is 86.8 cm³/mol. The van der Waals surface area contributed by atoms with Gasteiger partial charge in [-0.05, 0) is 12.8 Å². The first-order valence-electron chi connectivity index (χ1n) is 7.39. The van der Waals surface area contributed by atoms with Crippen LogP contribution < -0.4 is 10.6 Å². The van der Waals surface area contributed by atoms with Gasteiger partial charge in [0.05, 0.1) is 0 Å². The van der Waals surface area contributed by atoms with Gasteiger partial charge in [0.1, 0.15) is 18.0 Å². The van der Waals surface area contributed by atoms with Gasteiger partial charge in [0, 0.05) is 41.0 Å². The van der Waals surface area contributed by atoms with E-state index in [4.69, 9.17) is 0 Å². The fourth-order valence-electron chi connectivity index (χ4n) is 1.87. The van der Waals surface area contributed by atoms with E-state index in [1.807, 2.05) is 6.92 Å². The lowest BCUT2D eigenvalue weighted by Crippen LogP contribution is -2.15. The lowest BCUT2D eigenvalue weighted by atomic mass is 10.1. The Kier molecular flexibility index (Phi) is 8.18. The molecule has 0 aromatic carbocycles. The van der Waals surface area contributed by atoms with Crippen molar-refractivity contribution in [2.45, 2.75) is 40.0 Å². The Morgan fingerprint density at radius 1 is 1.05 bits per heavy atom. The Morgan fingerprint density at radius 3 is 2.25 bits per heavy atom. The molecule has 5 nitrogen and oxygen atoms in total. The predicted octanol–water partition coefficient (Wildman–Crippen LogP) is 2.43. The summed E-state index contributed by atoms with van der Waals surface area (Å²) in [5, 5.41) is 6.64. The number of hydrogen-bond acceptors (Lipinski definition) is 5. The molecule has 20 heavy (non-hydrogen) atoms. The quantitative estimate of drug-likeness (QED) is 0.694. The minimum Gasteiger partial charge on any atom is -0.370 e. The molecule has 2 N–H and O–H groups in total. The van der Waals surface area contributed by atoms with Gasteiger partial charge in [0.2, 0.25) is 0 Å². The van der Waals surface area contributed by atoms with Gasteiger partial charge in [-0.1, -0.05) is 27.2 Å². The lowest BCUT2D eigenvalue weighted by Gasteiger charge is -2.14. The molecule has 1 rings (SSSR count). The van der Waals surface area contributed by atoms with Gasteiger partial charge < -0.3 is 10.6 Å². The zero-order valence-corrected chi connectivity index (χ0v) is 13.6. The highest BCUT2D eigenvalue weighted by molar-refractivity contribution is 7.84. The second kappa shape index (κ2) is 9.69. The van der Waals surface area contributed by atoms with Crippen molar-refractivity contribution in [1.82, 2.24) is 9.97 Å². The summed E-state index contributed by atoms with van der Waals surface area (Å²) in [5.74, 6) is 3.15. The van der Waals surface area contributed by atoms with Crippen LogP contribution in [0.1, 0.15) is 39.2 Å². The molecule has 0 fully saturated rings. The van der Waals surface area contributed by atoms with Gasteiger partial charge in [-0.15, -0.1) is 0 Å². The molecule has 1 heterocycles. The molecular weight excluding hydrogens is 272 g/mol. The van der Waals surface area contributed by atoms with E-state index in [1.165, 1.54) is 0 Å². The van der Waals surface area contributed by atoms with Crippen LogP contribution in [-0.2, 0) is 17.2 Å². The summed E-state index contributed by atoms with van der Waals surface area (Å²) in [6, 6.07) is 0. The van der Waals surface area contributed by atoms with Crippen LogP contribution in [-0.4, -0.2) is 38.8 Å². The Balaban J connectivity index is 2.74. The van der Waals surface area contributed by atoms with Gasteiger partial charge in [-0.25, -0.2) is 9.97 Å². The van der Waals surface area contributed by atoms with Crippen LogP contribution in [0.2, 0.25) is 0 Å². The fourth-order valence-corrected chi connectivity index (χ4v) is 2.49. The SMILES string of the molecule is CCCNc1ncnc(NCCS(=O)CC)c1CCC. The highest BCUT2D eigenvalue weighted by Crippen LogP contribution is 2.21. The Bertz CT molecular complexity index is 426. The number of nitrogens with zero attached hydrogens (tertiary/aromatic N) is 2. The lowest BCUT2D eigenvalue weighted by molar-refractivity contribution is 0.684. The molecule has 1 unspecified atom stereocenters. The molecule has 0 spiro atoms. The molecule has 0 bridgehead atoms. The standard InChI is InChI=1S/C14H26N4OS/c1-4-7-12-13(15-8-5-2)17-11-18-14(12)16-9-10-20(19)6-3/h11H,4-10H2,1-3H3,(H2,15,16,17,18). The van der Waals surface area contributed by atoms with Crippen LogP contribution >= 0.6 is 0 Å². The molecule has 0 aliphatic rings.